The van der Waals surface area contributed by atoms with Gasteiger partial charge in [0.2, 0.25) is 0 Å². The first-order valence-electron chi connectivity index (χ1n) is 6.45. The van der Waals surface area contributed by atoms with Crippen LogP contribution < -0.4 is 5.32 Å². The van der Waals surface area contributed by atoms with Gasteiger partial charge in [-0.25, -0.2) is 9.18 Å². The molecule has 0 aromatic heterocycles. The summed E-state index contributed by atoms with van der Waals surface area (Å²) in [5.41, 5.74) is -2.05. The number of rotatable bonds is 5. The SMILES string of the molecule is CC[C@H](NC(=O)C(F)(C#N)c1ccc(C)cc1)C(=O)OC. The number of amides is 1. The highest BCUT2D eigenvalue weighted by atomic mass is 19.1. The van der Waals surface area contributed by atoms with E-state index >= 15 is 0 Å². The van der Waals surface area contributed by atoms with Gasteiger partial charge < -0.3 is 10.1 Å². The maximum atomic E-state index is 14.7. The van der Waals surface area contributed by atoms with Crippen LogP contribution >= 0.6 is 0 Å². The van der Waals surface area contributed by atoms with E-state index < -0.39 is 23.6 Å². The van der Waals surface area contributed by atoms with Crippen LogP contribution in [0.2, 0.25) is 0 Å². The van der Waals surface area contributed by atoms with E-state index in [-0.39, 0.29) is 12.0 Å². The largest absolute Gasteiger partial charge is 0.467 e. The van der Waals surface area contributed by atoms with Crippen LogP contribution in [-0.2, 0) is 20.0 Å². The van der Waals surface area contributed by atoms with Gasteiger partial charge in [-0.15, -0.1) is 0 Å². The van der Waals surface area contributed by atoms with Gasteiger partial charge in [-0.05, 0) is 13.3 Å². The number of halogens is 1. The Morgan fingerprint density at radius 3 is 2.43 bits per heavy atom. The molecule has 0 fully saturated rings. The molecule has 5 nitrogen and oxygen atoms in total. The van der Waals surface area contributed by atoms with Crippen molar-refractivity contribution < 1.29 is 18.7 Å². The fourth-order valence-corrected chi connectivity index (χ4v) is 1.76. The number of benzene rings is 1. The van der Waals surface area contributed by atoms with E-state index in [4.69, 9.17) is 5.26 Å². The molecule has 1 unspecified atom stereocenters. The van der Waals surface area contributed by atoms with E-state index in [1.165, 1.54) is 25.3 Å². The smallest absolute Gasteiger partial charge is 0.328 e. The fraction of sp³-hybridized carbons (Fsp3) is 0.400. The Balaban J connectivity index is 3.03. The average molecular weight is 292 g/mol. The fourth-order valence-electron chi connectivity index (χ4n) is 1.76. The molecule has 6 heteroatoms. The van der Waals surface area contributed by atoms with E-state index in [2.05, 4.69) is 10.1 Å². The van der Waals surface area contributed by atoms with Crippen molar-refractivity contribution in [3.05, 3.63) is 35.4 Å². The van der Waals surface area contributed by atoms with Crippen LogP contribution in [0.15, 0.2) is 24.3 Å². The van der Waals surface area contributed by atoms with Gasteiger partial charge in [-0.2, -0.15) is 5.26 Å². The second kappa shape index (κ2) is 6.84. The van der Waals surface area contributed by atoms with E-state index in [9.17, 15) is 14.0 Å². The molecule has 2 atom stereocenters. The normalized spacial score (nSPS) is 14.4. The molecule has 0 aliphatic carbocycles. The maximum absolute atomic E-state index is 14.7. The van der Waals surface area contributed by atoms with E-state index in [1.807, 2.05) is 0 Å². The number of nitrogens with zero attached hydrogens (tertiary/aromatic N) is 1. The topological polar surface area (TPSA) is 79.2 Å². The number of methoxy groups -OCH3 is 1. The molecule has 21 heavy (non-hydrogen) atoms. The number of alkyl halides is 1. The third-order valence-electron chi connectivity index (χ3n) is 3.12. The molecule has 0 heterocycles. The molecule has 0 spiro atoms. The molecule has 1 aromatic carbocycles. The van der Waals surface area contributed by atoms with Gasteiger partial charge in [0.1, 0.15) is 12.1 Å². The van der Waals surface area contributed by atoms with Crippen molar-refractivity contribution >= 4 is 11.9 Å². The number of carbonyl (C=O) groups is 2. The lowest BCUT2D eigenvalue weighted by Crippen LogP contribution is -2.48. The van der Waals surface area contributed by atoms with Gasteiger partial charge in [0, 0.05) is 5.56 Å². The Kier molecular flexibility index (Phi) is 5.42. The van der Waals surface area contributed by atoms with Crippen LogP contribution in [0.5, 0.6) is 0 Å². The summed E-state index contributed by atoms with van der Waals surface area (Å²) >= 11 is 0. The van der Waals surface area contributed by atoms with Gasteiger partial charge in [-0.3, -0.25) is 4.79 Å². The van der Waals surface area contributed by atoms with Crippen LogP contribution in [0.3, 0.4) is 0 Å². The summed E-state index contributed by atoms with van der Waals surface area (Å²) in [4.78, 5) is 23.5. The van der Waals surface area contributed by atoms with Crippen LogP contribution in [0, 0.1) is 18.3 Å². The molecule has 0 bridgehead atoms. The summed E-state index contributed by atoms with van der Waals surface area (Å²) in [7, 11) is 1.17. The van der Waals surface area contributed by atoms with Crippen LogP contribution in [0.1, 0.15) is 24.5 Å². The number of carbonyl (C=O) groups excluding carboxylic acids is 2. The van der Waals surface area contributed by atoms with Crippen molar-refractivity contribution in [2.45, 2.75) is 32.0 Å². The molecule has 1 rings (SSSR count). The quantitative estimate of drug-likeness (QED) is 0.839. The molecular formula is C15H17FN2O3. The standard InChI is InChI=1S/C15H17FN2O3/c1-4-12(13(19)21-3)18-14(20)15(16,9-17)11-7-5-10(2)6-8-11/h5-8,12H,4H2,1-3H3,(H,18,20)/t12-,15?/m0/s1. The minimum atomic E-state index is -2.85. The summed E-state index contributed by atoms with van der Waals surface area (Å²) in [6.07, 6.45) is 0.230. The average Bonchev–Trinajstić information content (AvgIpc) is 2.51. The van der Waals surface area contributed by atoms with Crippen LogP contribution in [0.25, 0.3) is 0 Å². The Morgan fingerprint density at radius 2 is 2.00 bits per heavy atom. The highest BCUT2D eigenvalue weighted by Gasteiger charge is 2.42. The number of esters is 1. The number of nitriles is 1. The van der Waals surface area contributed by atoms with Gasteiger partial charge >= 0.3 is 5.97 Å². The van der Waals surface area contributed by atoms with E-state index in [0.717, 1.165) is 5.56 Å². The molecular weight excluding hydrogens is 275 g/mol. The summed E-state index contributed by atoms with van der Waals surface area (Å²) in [6, 6.07) is 6.33. The minimum Gasteiger partial charge on any atom is -0.467 e. The number of hydrogen-bond donors (Lipinski definition) is 1. The molecule has 1 N–H and O–H groups in total. The van der Waals surface area contributed by atoms with Crippen LogP contribution in [0.4, 0.5) is 4.39 Å². The first-order chi connectivity index (χ1) is 9.88. The van der Waals surface area contributed by atoms with Crippen molar-refractivity contribution in [3.63, 3.8) is 0 Å². The lowest BCUT2D eigenvalue weighted by Gasteiger charge is -2.21. The molecule has 0 aliphatic heterocycles. The van der Waals surface area contributed by atoms with Gasteiger partial charge in [0.05, 0.1) is 7.11 Å². The number of hydrogen-bond acceptors (Lipinski definition) is 4. The predicted molar refractivity (Wildman–Crippen MR) is 73.8 cm³/mol. The zero-order valence-corrected chi connectivity index (χ0v) is 12.1. The highest BCUT2D eigenvalue weighted by Crippen LogP contribution is 2.26. The lowest BCUT2D eigenvalue weighted by atomic mass is 9.95. The van der Waals surface area contributed by atoms with Gasteiger partial charge in [0.25, 0.3) is 11.6 Å². The lowest BCUT2D eigenvalue weighted by molar-refractivity contribution is -0.146. The molecule has 0 radical (unpaired) electrons. The Bertz CT molecular complexity index is 565. The molecule has 0 saturated heterocycles. The van der Waals surface area contributed by atoms with Gasteiger partial charge in [-0.1, -0.05) is 36.8 Å². The third kappa shape index (κ3) is 3.57. The van der Waals surface area contributed by atoms with E-state index in [1.54, 1.807) is 26.0 Å². The second-order valence-corrected chi connectivity index (χ2v) is 4.59. The first kappa shape index (κ1) is 16.6. The molecule has 112 valence electrons. The number of aryl methyl sites for hydroxylation is 1. The van der Waals surface area contributed by atoms with Crippen molar-refractivity contribution in [1.82, 2.24) is 5.32 Å². The Labute approximate surface area is 122 Å². The molecule has 0 saturated carbocycles. The summed E-state index contributed by atoms with van der Waals surface area (Å²) in [6.45, 7) is 3.44. The number of nitrogens with one attached hydrogen (secondary N) is 1. The predicted octanol–water partition coefficient (Wildman–Crippen LogP) is 1.75. The summed E-state index contributed by atoms with van der Waals surface area (Å²) in [5, 5.41) is 11.3. The summed E-state index contributed by atoms with van der Waals surface area (Å²) in [5.74, 6) is -1.86. The highest BCUT2D eigenvalue weighted by molar-refractivity contribution is 5.92. The van der Waals surface area contributed by atoms with Crippen molar-refractivity contribution in [2.75, 3.05) is 7.11 Å². The zero-order valence-electron chi connectivity index (χ0n) is 12.1. The minimum absolute atomic E-state index is 0.0761. The Hall–Kier alpha value is -2.42. The Morgan fingerprint density at radius 1 is 1.43 bits per heavy atom. The third-order valence-corrected chi connectivity index (χ3v) is 3.12. The number of ether oxygens (including phenoxy) is 1. The van der Waals surface area contributed by atoms with Gasteiger partial charge in [0.15, 0.2) is 0 Å². The van der Waals surface area contributed by atoms with Crippen LogP contribution in [-0.4, -0.2) is 25.0 Å². The van der Waals surface area contributed by atoms with Crippen molar-refractivity contribution in [3.8, 4) is 6.07 Å². The van der Waals surface area contributed by atoms with Crippen molar-refractivity contribution in [1.29, 1.82) is 5.26 Å². The molecule has 1 amide bonds. The first-order valence-corrected chi connectivity index (χ1v) is 6.45. The zero-order chi connectivity index (χ0) is 16.0. The second-order valence-electron chi connectivity index (χ2n) is 4.59. The monoisotopic (exact) mass is 292 g/mol. The maximum Gasteiger partial charge on any atom is 0.328 e. The van der Waals surface area contributed by atoms with E-state index in [0.29, 0.717) is 0 Å². The molecule has 0 aliphatic rings. The molecule has 1 aromatic rings. The van der Waals surface area contributed by atoms with Crippen molar-refractivity contribution in [2.24, 2.45) is 0 Å². The summed E-state index contributed by atoms with van der Waals surface area (Å²) < 4.78 is 19.2.